The topological polar surface area (TPSA) is 66.5 Å². The van der Waals surface area contributed by atoms with Crippen molar-refractivity contribution in [1.82, 2.24) is 4.31 Å². The van der Waals surface area contributed by atoms with E-state index in [0.717, 1.165) is 44.1 Å². The van der Waals surface area contributed by atoms with Crippen LogP contribution in [0.2, 0.25) is 0 Å². The highest BCUT2D eigenvalue weighted by Crippen LogP contribution is 2.43. The van der Waals surface area contributed by atoms with E-state index >= 15 is 0 Å². The maximum atomic E-state index is 13.2. The third-order valence-electron chi connectivity index (χ3n) is 6.25. The maximum absolute atomic E-state index is 13.2. The van der Waals surface area contributed by atoms with Crippen molar-refractivity contribution < 1.29 is 13.2 Å². The van der Waals surface area contributed by atoms with Gasteiger partial charge in [-0.25, -0.2) is 8.42 Å². The number of amides is 1. The van der Waals surface area contributed by atoms with Crippen LogP contribution >= 0.6 is 0 Å². The average Bonchev–Trinajstić information content (AvgIpc) is 3.17. The molecule has 0 aromatic heterocycles. The molecule has 146 valence electrons. The van der Waals surface area contributed by atoms with E-state index in [1.165, 1.54) is 0 Å². The number of fused-ring (bicyclic) bond motifs is 2. The highest BCUT2D eigenvalue weighted by molar-refractivity contribution is 7.89. The molecule has 5 nitrogen and oxygen atoms in total. The predicted octanol–water partition coefficient (Wildman–Crippen LogP) is 3.71. The molecule has 6 heteroatoms. The summed E-state index contributed by atoms with van der Waals surface area (Å²) in [5, 5.41) is 2.97. The number of nitrogens with one attached hydrogen (secondary N) is 1. The number of anilines is 1. The Bertz CT molecular complexity index is 854. The Morgan fingerprint density at radius 2 is 1.81 bits per heavy atom. The fourth-order valence-corrected chi connectivity index (χ4v) is 6.46. The molecule has 1 saturated carbocycles. The van der Waals surface area contributed by atoms with Gasteiger partial charge in [0.15, 0.2) is 0 Å². The number of sulfonamides is 1. The Balaban J connectivity index is 1.54. The molecule has 4 rings (SSSR count). The summed E-state index contributed by atoms with van der Waals surface area (Å²) in [6, 6.07) is 5.23. The molecule has 0 spiro atoms. The van der Waals surface area contributed by atoms with Crippen molar-refractivity contribution in [2.45, 2.75) is 50.3 Å². The van der Waals surface area contributed by atoms with Crippen LogP contribution in [-0.4, -0.2) is 31.7 Å². The molecule has 1 aromatic carbocycles. The zero-order chi connectivity index (χ0) is 19.0. The molecule has 0 unspecified atom stereocenters. The lowest BCUT2D eigenvalue weighted by atomic mass is 9.93. The van der Waals surface area contributed by atoms with Crippen LogP contribution in [0.25, 0.3) is 0 Å². The van der Waals surface area contributed by atoms with Crippen molar-refractivity contribution in [3.63, 3.8) is 0 Å². The quantitative estimate of drug-likeness (QED) is 0.800. The number of aryl methyl sites for hydroxylation is 1. The highest BCUT2D eigenvalue weighted by Gasteiger charge is 2.39. The normalized spacial score (nSPS) is 28.3. The Labute approximate surface area is 161 Å². The molecule has 2 fully saturated rings. The molecular weight excluding hydrogens is 360 g/mol. The number of hydrogen-bond donors (Lipinski definition) is 1. The maximum Gasteiger partial charge on any atom is 0.243 e. The third-order valence-corrected chi connectivity index (χ3v) is 8.29. The van der Waals surface area contributed by atoms with Crippen molar-refractivity contribution in [3.05, 3.63) is 35.9 Å². The lowest BCUT2D eigenvalue weighted by Crippen LogP contribution is -2.32. The summed E-state index contributed by atoms with van der Waals surface area (Å²) in [6.45, 7) is 2.97. The standard InChI is InChI=1S/C21H28N2O3S/c1-15-6-9-18(22-21(24)19-13-16-7-8-17(19)12-16)14-20(15)27(25,26)23-10-4-2-3-5-11-23/h6-9,14,16-17,19H,2-5,10-13H2,1H3,(H,22,24)/t16-,17-,19-/m0/s1. The van der Waals surface area contributed by atoms with Crippen molar-refractivity contribution in [1.29, 1.82) is 0 Å². The van der Waals surface area contributed by atoms with Crippen LogP contribution in [0.5, 0.6) is 0 Å². The molecule has 3 atom stereocenters. The van der Waals surface area contributed by atoms with Crippen LogP contribution in [-0.2, 0) is 14.8 Å². The molecule has 1 heterocycles. The van der Waals surface area contributed by atoms with Crippen molar-refractivity contribution in [3.8, 4) is 0 Å². The van der Waals surface area contributed by atoms with E-state index in [1.807, 2.05) is 6.92 Å². The van der Waals surface area contributed by atoms with Gasteiger partial charge in [-0.05, 0) is 62.1 Å². The SMILES string of the molecule is Cc1ccc(NC(=O)[C@H]2C[C@H]3C=C[C@H]2C3)cc1S(=O)(=O)N1CCCCCC1. The minimum atomic E-state index is -3.53. The van der Waals surface area contributed by atoms with E-state index in [9.17, 15) is 13.2 Å². The molecule has 27 heavy (non-hydrogen) atoms. The Morgan fingerprint density at radius 1 is 1.07 bits per heavy atom. The van der Waals surface area contributed by atoms with Crippen LogP contribution in [0.15, 0.2) is 35.2 Å². The van der Waals surface area contributed by atoms with Gasteiger partial charge >= 0.3 is 0 Å². The van der Waals surface area contributed by atoms with Crippen molar-refractivity contribution in [2.75, 3.05) is 18.4 Å². The summed E-state index contributed by atoms with van der Waals surface area (Å²) in [4.78, 5) is 13.0. The predicted molar refractivity (Wildman–Crippen MR) is 106 cm³/mol. The first-order valence-corrected chi connectivity index (χ1v) is 11.5. The zero-order valence-corrected chi connectivity index (χ0v) is 16.7. The summed E-state index contributed by atoms with van der Waals surface area (Å²) < 4.78 is 27.9. The van der Waals surface area contributed by atoms with E-state index in [1.54, 1.807) is 22.5 Å². The minimum absolute atomic E-state index is 0.00645. The number of benzene rings is 1. The average molecular weight is 389 g/mol. The van der Waals surface area contributed by atoms with E-state index in [-0.39, 0.29) is 11.8 Å². The molecule has 1 aliphatic heterocycles. The number of rotatable bonds is 4. The first-order chi connectivity index (χ1) is 12.9. The second kappa shape index (κ2) is 7.40. The fourth-order valence-electron chi connectivity index (χ4n) is 4.69. The van der Waals surface area contributed by atoms with Gasteiger partial charge in [0, 0.05) is 24.7 Å². The Hall–Kier alpha value is -1.66. The third kappa shape index (κ3) is 3.69. The molecule has 1 aromatic rings. The first-order valence-electron chi connectivity index (χ1n) is 10.0. The molecule has 1 N–H and O–H groups in total. The number of hydrogen-bond acceptors (Lipinski definition) is 3. The highest BCUT2D eigenvalue weighted by atomic mass is 32.2. The lowest BCUT2D eigenvalue weighted by molar-refractivity contribution is -0.120. The van der Waals surface area contributed by atoms with Gasteiger partial charge in [-0.15, -0.1) is 0 Å². The Kier molecular flexibility index (Phi) is 5.12. The van der Waals surface area contributed by atoms with Crippen LogP contribution < -0.4 is 5.32 Å². The van der Waals surface area contributed by atoms with Gasteiger partial charge in [-0.1, -0.05) is 31.1 Å². The smallest absolute Gasteiger partial charge is 0.243 e. The zero-order valence-electron chi connectivity index (χ0n) is 15.9. The second-order valence-corrected chi connectivity index (χ2v) is 10.1. The summed E-state index contributed by atoms with van der Waals surface area (Å²) in [7, 11) is -3.53. The largest absolute Gasteiger partial charge is 0.326 e. The van der Waals surface area contributed by atoms with Gasteiger partial charge in [-0.2, -0.15) is 4.31 Å². The van der Waals surface area contributed by atoms with E-state index in [2.05, 4.69) is 17.5 Å². The number of allylic oxidation sites excluding steroid dienone is 2. The number of carbonyl (C=O) groups is 1. The van der Waals surface area contributed by atoms with E-state index in [0.29, 0.717) is 35.5 Å². The van der Waals surface area contributed by atoms with Gasteiger partial charge in [0.05, 0.1) is 4.90 Å². The number of carbonyl (C=O) groups excluding carboxylic acids is 1. The van der Waals surface area contributed by atoms with Crippen LogP contribution in [0.3, 0.4) is 0 Å². The van der Waals surface area contributed by atoms with Crippen molar-refractivity contribution in [2.24, 2.45) is 17.8 Å². The molecule has 0 radical (unpaired) electrons. The van der Waals surface area contributed by atoms with Crippen LogP contribution in [0.4, 0.5) is 5.69 Å². The fraction of sp³-hybridized carbons (Fsp3) is 0.571. The van der Waals surface area contributed by atoms with Crippen LogP contribution in [0.1, 0.15) is 44.1 Å². The van der Waals surface area contributed by atoms with Gasteiger partial charge in [-0.3, -0.25) is 4.79 Å². The minimum Gasteiger partial charge on any atom is -0.326 e. The molecule has 2 aliphatic carbocycles. The van der Waals surface area contributed by atoms with Gasteiger partial charge in [0.1, 0.15) is 0 Å². The van der Waals surface area contributed by atoms with Gasteiger partial charge in [0.25, 0.3) is 0 Å². The number of nitrogens with zero attached hydrogens (tertiary/aromatic N) is 1. The molecule has 1 saturated heterocycles. The molecular formula is C21H28N2O3S. The molecule has 3 aliphatic rings. The summed E-state index contributed by atoms with van der Waals surface area (Å²) >= 11 is 0. The second-order valence-electron chi connectivity index (χ2n) is 8.17. The lowest BCUT2D eigenvalue weighted by Gasteiger charge is -2.22. The van der Waals surface area contributed by atoms with Gasteiger partial charge < -0.3 is 5.32 Å². The molecule has 2 bridgehead atoms. The summed E-state index contributed by atoms with van der Waals surface area (Å²) in [6.07, 6.45) is 10.3. The van der Waals surface area contributed by atoms with Crippen LogP contribution in [0, 0.1) is 24.7 Å². The van der Waals surface area contributed by atoms with E-state index < -0.39 is 10.0 Å². The van der Waals surface area contributed by atoms with Gasteiger partial charge in [0.2, 0.25) is 15.9 Å². The van der Waals surface area contributed by atoms with Crippen molar-refractivity contribution >= 4 is 21.6 Å². The Morgan fingerprint density at radius 3 is 2.44 bits per heavy atom. The molecule has 1 amide bonds. The summed E-state index contributed by atoms with van der Waals surface area (Å²) in [5.41, 5.74) is 1.30. The summed E-state index contributed by atoms with van der Waals surface area (Å²) in [5.74, 6) is 0.879. The monoisotopic (exact) mass is 388 g/mol. The van der Waals surface area contributed by atoms with E-state index in [4.69, 9.17) is 0 Å². The first kappa shape index (κ1) is 18.7.